The van der Waals surface area contributed by atoms with Crippen molar-refractivity contribution >= 4 is 23.3 Å². The normalized spacial score (nSPS) is 15.6. The van der Waals surface area contributed by atoms with Crippen LogP contribution in [0.1, 0.15) is 22.3 Å². The molecule has 168 valence electrons. The lowest BCUT2D eigenvalue weighted by Crippen LogP contribution is -2.35. The predicted octanol–water partition coefficient (Wildman–Crippen LogP) is 5.00. The van der Waals surface area contributed by atoms with Gasteiger partial charge in [-0.1, -0.05) is 11.6 Å². The third-order valence-corrected chi connectivity index (χ3v) is 4.84. The first-order valence-electron chi connectivity index (χ1n) is 9.07. The van der Waals surface area contributed by atoms with Crippen molar-refractivity contribution in [2.45, 2.75) is 19.0 Å². The summed E-state index contributed by atoms with van der Waals surface area (Å²) in [5.74, 6) is -0.626. The number of rotatable bonds is 3. The van der Waals surface area contributed by atoms with E-state index >= 15 is 0 Å². The van der Waals surface area contributed by atoms with E-state index in [1.165, 1.54) is 17.0 Å². The third-order valence-electron chi connectivity index (χ3n) is 4.57. The monoisotopic (exact) mass is 467 g/mol. The second-order valence-electron chi connectivity index (χ2n) is 6.73. The van der Waals surface area contributed by atoms with E-state index in [1.807, 2.05) is 0 Å². The molecule has 0 unspecified atom stereocenters. The van der Waals surface area contributed by atoms with Crippen molar-refractivity contribution in [2.24, 2.45) is 0 Å². The van der Waals surface area contributed by atoms with Gasteiger partial charge in [-0.2, -0.15) is 13.2 Å². The summed E-state index contributed by atoms with van der Waals surface area (Å²) in [4.78, 5) is 19.7. The number of carbonyl (C=O) groups is 1. The Labute approximate surface area is 178 Å². The standard InChI is InChI=1S/C19H16ClF6N3O2/c20-15-10-13(18(21,22)23)11-27-16(15)28-6-1-7-29(9-8-28)17(30)12-2-4-14(5-3-12)31-19(24,25)26/h2-5,10-11H,1,6-9H2. The molecule has 1 aromatic heterocycles. The summed E-state index contributed by atoms with van der Waals surface area (Å²) in [7, 11) is 0. The van der Waals surface area contributed by atoms with Crippen LogP contribution in [-0.4, -0.2) is 48.3 Å². The number of pyridine rings is 1. The molecule has 1 aliphatic rings. The molecule has 0 atom stereocenters. The molecule has 12 heteroatoms. The number of halogens is 7. The van der Waals surface area contributed by atoms with E-state index in [-0.39, 0.29) is 35.4 Å². The number of ether oxygens (including phenoxy) is 1. The van der Waals surface area contributed by atoms with Crippen LogP contribution in [0.15, 0.2) is 36.5 Å². The minimum atomic E-state index is -4.83. The largest absolute Gasteiger partial charge is 0.573 e. The highest BCUT2D eigenvalue weighted by Gasteiger charge is 2.33. The van der Waals surface area contributed by atoms with Crippen molar-refractivity contribution in [1.29, 1.82) is 0 Å². The second kappa shape index (κ2) is 8.81. The highest BCUT2D eigenvalue weighted by atomic mass is 35.5. The van der Waals surface area contributed by atoms with Gasteiger partial charge in [0, 0.05) is 37.9 Å². The Morgan fingerprint density at radius 2 is 1.68 bits per heavy atom. The van der Waals surface area contributed by atoms with Crippen LogP contribution in [0.25, 0.3) is 0 Å². The molecule has 0 N–H and O–H groups in total. The molecule has 1 fully saturated rings. The zero-order chi connectivity index (χ0) is 22.8. The van der Waals surface area contributed by atoms with E-state index in [0.29, 0.717) is 25.7 Å². The lowest BCUT2D eigenvalue weighted by molar-refractivity contribution is -0.274. The Bertz CT molecular complexity index is 934. The number of alkyl halides is 6. The third kappa shape index (κ3) is 5.93. The van der Waals surface area contributed by atoms with Gasteiger partial charge in [0.25, 0.3) is 5.91 Å². The van der Waals surface area contributed by atoms with Gasteiger partial charge in [0.05, 0.1) is 10.6 Å². The summed E-state index contributed by atoms with van der Waals surface area (Å²) < 4.78 is 78.9. The number of nitrogens with zero attached hydrogens (tertiary/aromatic N) is 3. The molecule has 2 heterocycles. The van der Waals surface area contributed by atoms with Crippen LogP contribution >= 0.6 is 11.6 Å². The first kappa shape index (κ1) is 23.0. The molecule has 1 saturated heterocycles. The van der Waals surface area contributed by atoms with Crippen molar-refractivity contribution < 1.29 is 35.9 Å². The number of hydrogen-bond donors (Lipinski definition) is 0. The maximum atomic E-state index is 12.8. The molecule has 31 heavy (non-hydrogen) atoms. The van der Waals surface area contributed by atoms with Crippen molar-refractivity contribution in [1.82, 2.24) is 9.88 Å². The van der Waals surface area contributed by atoms with Crippen LogP contribution in [0.4, 0.5) is 32.2 Å². The number of carbonyl (C=O) groups excluding carboxylic acids is 1. The summed E-state index contributed by atoms with van der Waals surface area (Å²) in [6, 6.07) is 5.39. The van der Waals surface area contributed by atoms with Gasteiger partial charge < -0.3 is 14.5 Å². The molecule has 0 radical (unpaired) electrons. The number of anilines is 1. The minimum absolute atomic E-state index is 0.144. The van der Waals surface area contributed by atoms with Crippen LogP contribution in [-0.2, 0) is 6.18 Å². The van der Waals surface area contributed by atoms with E-state index in [9.17, 15) is 31.1 Å². The molecule has 0 saturated carbocycles. The molecule has 1 aliphatic heterocycles. The lowest BCUT2D eigenvalue weighted by atomic mass is 10.2. The molecule has 1 amide bonds. The van der Waals surface area contributed by atoms with Crippen LogP contribution in [0.3, 0.4) is 0 Å². The maximum absolute atomic E-state index is 12.8. The molecule has 0 aliphatic carbocycles. The SMILES string of the molecule is O=C(c1ccc(OC(F)(F)F)cc1)N1CCCN(c2ncc(C(F)(F)F)cc2Cl)CC1. The lowest BCUT2D eigenvalue weighted by Gasteiger charge is -2.24. The Hall–Kier alpha value is -2.69. The Balaban J connectivity index is 1.66. The van der Waals surface area contributed by atoms with Crippen LogP contribution in [0.5, 0.6) is 5.75 Å². The Kier molecular flexibility index (Phi) is 6.54. The Morgan fingerprint density at radius 1 is 1.00 bits per heavy atom. The van der Waals surface area contributed by atoms with Gasteiger partial charge in [0.15, 0.2) is 0 Å². The smallest absolute Gasteiger partial charge is 0.406 e. The number of amides is 1. The van der Waals surface area contributed by atoms with Crippen molar-refractivity contribution in [3.63, 3.8) is 0 Å². The summed E-state index contributed by atoms with van der Waals surface area (Å²) in [5.41, 5.74) is -0.764. The summed E-state index contributed by atoms with van der Waals surface area (Å²) in [5, 5.41) is -0.144. The van der Waals surface area contributed by atoms with Gasteiger partial charge in [-0.05, 0) is 36.8 Å². The van der Waals surface area contributed by atoms with E-state index in [2.05, 4.69) is 9.72 Å². The first-order chi connectivity index (χ1) is 14.4. The average Bonchev–Trinajstić information content (AvgIpc) is 2.92. The Morgan fingerprint density at radius 3 is 2.26 bits per heavy atom. The minimum Gasteiger partial charge on any atom is -0.406 e. The highest BCUT2D eigenvalue weighted by molar-refractivity contribution is 6.33. The van der Waals surface area contributed by atoms with Gasteiger partial charge in [-0.25, -0.2) is 4.98 Å². The highest BCUT2D eigenvalue weighted by Crippen LogP contribution is 2.33. The number of benzene rings is 1. The molecule has 3 rings (SSSR count). The molecule has 0 bridgehead atoms. The van der Waals surface area contributed by atoms with E-state index < -0.39 is 23.9 Å². The van der Waals surface area contributed by atoms with E-state index in [1.54, 1.807) is 4.90 Å². The topological polar surface area (TPSA) is 45.7 Å². The van der Waals surface area contributed by atoms with E-state index in [4.69, 9.17) is 11.6 Å². The van der Waals surface area contributed by atoms with Crippen molar-refractivity contribution in [3.8, 4) is 5.75 Å². The van der Waals surface area contributed by atoms with Gasteiger partial charge in [-0.3, -0.25) is 4.79 Å². The zero-order valence-electron chi connectivity index (χ0n) is 15.8. The zero-order valence-corrected chi connectivity index (χ0v) is 16.6. The van der Waals surface area contributed by atoms with Gasteiger partial charge >= 0.3 is 12.5 Å². The molecule has 1 aromatic carbocycles. The van der Waals surface area contributed by atoms with Crippen LogP contribution < -0.4 is 9.64 Å². The predicted molar refractivity (Wildman–Crippen MR) is 100 cm³/mol. The van der Waals surface area contributed by atoms with Gasteiger partial charge in [0.1, 0.15) is 11.6 Å². The summed E-state index contributed by atoms with van der Waals surface area (Å²) >= 11 is 6.00. The fourth-order valence-electron chi connectivity index (χ4n) is 3.13. The quantitative estimate of drug-likeness (QED) is 0.596. The molecule has 2 aromatic rings. The molecule has 5 nitrogen and oxygen atoms in total. The number of aromatic nitrogens is 1. The summed E-state index contributed by atoms with van der Waals surface area (Å²) in [6.07, 6.45) is -8.18. The molecule has 0 spiro atoms. The van der Waals surface area contributed by atoms with Crippen molar-refractivity contribution in [2.75, 3.05) is 31.1 Å². The van der Waals surface area contributed by atoms with Crippen LogP contribution in [0, 0.1) is 0 Å². The first-order valence-corrected chi connectivity index (χ1v) is 9.44. The number of hydrogen-bond acceptors (Lipinski definition) is 4. The molecular formula is C19H16ClF6N3O2. The van der Waals surface area contributed by atoms with E-state index in [0.717, 1.165) is 18.2 Å². The average molecular weight is 468 g/mol. The van der Waals surface area contributed by atoms with Gasteiger partial charge in [0.2, 0.25) is 0 Å². The second-order valence-corrected chi connectivity index (χ2v) is 7.14. The maximum Gasteiger partial charge on any atom is 0.573 e. The fourth-order valence-corrected chi connectivity index (χ4v) is 3.42. The summed E-state index contributed by atoms with van der Waals surface area (Å²) in [6.45, 7) is 1.28. The van der Waals surface area contributed by atoms with Crippen molar-refractivity contribution in [3.05, 3.63) is 52.7 Å². The van der Waals surface area contributed by atoms with Gasteiger partial charge in [-0.15, -0.1) is 13.2 Å². The van der Waals surface area contributed by atoms with Crippen LogP contribution in [0.2, 0.25) is 5.02 Å². The molecular weight excluding hydrogens is 452 g/mol. The fraction of sp³-hybridized carbons (Fsp3) is 0.368.